The highest BCUT2D eigenvalue weighted by molar-refractivity contribution is 6.55. The van der Waals surface area contributed by atoms with Crippen molar-refractivity contribution in [3.63, 3.8) is 0 Å². The molecule has 1 unspecified atom stereocenters. The molecule has 0 aliphatic carbocycles. The largest absolute Gasteiger partial charge is 0.324 e. The molecule has 0 aromatic heterocycles. The Morgan fingerprint density at radius 3 is 2.38 bits per heavy atom. The van der Waals surface area contributed by atoms with Crippen molar-refractivity contribution in [2.45, 2.75) is 58.4 Å². The Labute approximate surface area is 88.4 Å². The maximum absolute atomic E-state index is 2.78. The van der Waals surface area contributed by atoms with Crippen LogP contribution in [0, 0.1) is 0 Å². The third-order valence-corrected chi connectivity index (χ3v) is 7.85. The molecular weight excluding hydrogens is 190 g/mol. The van der Waals surface area contributed by atoms with Crippen molar-refractivity contribution < 1.29 is 0 Å². The smallest absolute Gasteiger partial charge is 0.108 e. The zero-order valence-corrected chi connectivity index (χ0v) is 12.7. The van der Waals surface area contributed by atoms with Crippen molar-refractivity contribution in [1.82, 2.24) is 4.57 Å². The second-order valence-electron chi connectivity index (χ2n) is 4.32. The molecule has 1 nitrogen and oxygen atoms in total. The Hall–Kier alpha value is 0.394. The summed E-state index contributed by atoms with van der Waals surface area (Å²) in [5.74, 6) is 0. The normalized spacial score (nSPS) is 15.0. The van der Waals surface area contributed by atoms with Gasteiger partial charge in [0, 0.05) is 9.52 Å². The van der Waals surface area contributed by atoms with Crippen molar-refractivity contribution in [2.24, 2.45) is 0 Å². The monoisotopic (exact) mass is 217 g/mol. The lowest BCUT2D eigenvalue weighted by Crippen LogP contribution is -2.42. The Balaban J connectivity index is 3.87. The molecule has 0 bridgehead atoms. The Bertz CT molecular complexity index is 117. The minimum absolute atomic E-state index is 0.309. The Morgan fingerprint density at radius 2 is 2.00 bits per heavy atom. The molecule has 0 fully saturated rings. The molecule has 0 saturated carbocycles. The molecule has 1 atom stereocenters. The number of hydrogen-bond acceptors (Lipinski definition) is 1. The minimum Gasteiger partial charge on any atom is -0.324 e. The van der Waals surface area contributed by atoms with Crippen LogP contribution in [0.1, 0.15) is 27.2 Å². The summed E-state index contributed by atoms with van der Waals surface area (Å²) >= 11 is 0. The van der Waals surface area contributed by atoms with Crippen LogP contribution >= 0.6 is 0 Å². The molecule has 13 heavy (non-hydrogen) atoms. The van der Waals surface area contributed by atoms with Crippen LogP contribution in [-0.2, 0) is 0 Å². The average Bonchev–Trinajstić information content (AvgIpc) is 2.09. The highest BCUT2D eigenvalue weighted by Crippen LogP contribution is 2.09. The van der Waals surface area contributed by atoms with Gasteiger partial charge >= 0.3 is 0 Å². The van der Waals surface area contributed by atoms with Gasteiger partial charge in [-0.3, -0.25) is 0 Å². The molecule has 0 aromatic carbocycles. The van der Waals surface area contributed by atoms with Gasteiger partial charge in [-0.05, 0) is 19.0 Å². The SMILES string of the molecule is CCCN(C(C)C)[SiH](C)CC[SiH2]C. The van der Waals surface area contributed by atoms with Gasteiger partial charge in [0.05, 0.1) is 0 Å². The van der Waals surface area contributed by atoms with E-state index in [1.54, 1.807) is 12.1 Å². The molecule has 0 radical (unpaired) electrons. The molecule has 0 heterocycles. The molecule has 3 heteroatoms. The van der Waals surface area contributed by atoms with E-state index in [-0.39, 0.29) is 0 Å². The fourth-order valence-electron chi connectivity index (χ4n) is 1.91. The molecule has 0 N–H and O–H groups in total. The molecule has 80 valence electrons. The van der Waals surface area contributed by atoms with Gasteiger partial charge in [-0.1, -0.05) is 46.0 Å². The van der Waals surface area contributed by atoms with Gasteiger partial charge in [-0.25, -0.2) is 0 Å². The van der Waals surface area contributed by atoms with Crippen LogP contribution in [0.4, 0.5) is 0 Å². The van der Waals surface area contributed by atoms with E-state index in [1.807, 2.05) is 0 Å². The third-order valence-electron chi connectivity index (χ3n) is 2.69. The van der Waals surface area contributed by atoms with Crippen LogP contribution < -0.4 is 0 Å². The topological polar surface area (TPSA) is 3.24 Å². The first-order valence-electron chi connectivity index (χ1n) is 5.89. The molecule has 0 aliphatic heterocycles. The standard InChI is InChI=1S/C10H27NSi2/c1-6-7-11(10(2)3)13(5)9-8-12-4/h10,13H,6-9,12H2,1-5H3. The third kappa shape index (κ3) is 5.65. The van der Waals surface area contributed by atoms with Crippen molar-refractivity contribution in [3.05, 3.63) is 0 Å². The van der Waals surface area contributed by atoms with Crippen LogP contribution in [0.25, 0.3) is 0 Å². The summed E-state index contributed by atoms with van der Waals surface area (Å²) in [5.41, 5.74) is 0. The second kappa shape index (κ2) is 7.77. The first-order valence-corrected chi connectivity index (χ1v) is 10.8. The van der Waals surface area contributed by atoms with Gasteiger partial charge in [-0.2, -0.15) is 0 Å². The van der Waals surface area contributed by atoms with E-state index in [0.717, 1.165) is 6.04 Å². The highest BCUT2D eigenvalue weighted by atomic mass is 28.3. The lowest BCUT2D eigenvalue weighted by molar-refractivity contribution is 0.362. The molecule has 0 spiro atoms. The zero-order chi connectivity index (χ0) is 10.3. The zero-order valence-electron chi connectivity index (χ0n) is 10.1. The maximum Gasteiger partial charge on any atom is 0.108 e. The van der Waals surface area contributed by atoms with Gasteiger partial charge in [0.1, 0.15) is 8.96 Å². The quantitative estimate of drug-likeness (QED) is 0.590. The van der Waals surface area contributed by atoms with Gasteiger partial charge < -0.3 is 4.57 Å². The van der Waals surface area contributed by atoms with E-state index in [1.165, 1.54) is 13.0 Å². The number of nitrogens with zero attached hydrogens (tertiary/aromatic N) is 1. The van der Waals surface area contributed by atoms with Crippen molar-refractivity contribution >= 4 is 18.5 Å². The highest BCUT2D eigenvalue weighted by Gasteiger charge is 2.16. The summed E-state index contributed by atoms with van der Waals surface area (Å²) in [6, 6.07) is 3.90. The van der Waals surface area contributed by atoms with Crippen molar-refractivity contribution in [3.8, 4) is 0 Å². The lowest BCUT2D eigenvalue weighted by Gasteiger charge is -2.31. The van der Waals surface area contributed by atoms with E-state index in [9.17, 15) is 0 Å². The summed E-state index contributed by atoms with van der Waals surface area (Å²) in [6.07, 6.45) is 1.32. The van der Waals surface area contributed by atoms with E-state index in [0.29, 0.717) is 9.52 Å². The Morgan fingerprint density at radius 1 is 1.38 bits per heavy atom. The summed E-state index contributed by atoms with van der Waals surface area (Å²) < 4.78 is 2.78. The van der Waals surface area contributed by atoms with Gasteiger partial charge in [0.15, 0.2) is 0 Å². The summed E-state index contributed by atoms with van der Waals surface area (Å²) in [6.45, 7) is 13.3. The van der Waals surface area contributed by atoms with E-state index < -0.39 is 8.96 Å². The summed E-state index contributed by atoms with van der Waals surface area (Å²) in [7, 11) is -0.233. The molecule has 0 amide bonds. The van der Waals surface area contributed by atoms with Crippen LogP contribution in [0.15, 0.2) is 0 Å². The second-order valence-corrected chi connectivity index (χ2v) is 8.97. The maximum atomic E-state index is 2.78. The molecule has 0 rings (SSSR count). The minimum atomic E-state index is -0.542. The van der Waals surface area contributed by atoms with Gasteiger partial charge in [0.2, 0.25) is 0 Å². The number of rotatable bonds is 7. The van der Waals surface area contributed by atoms with E-state index in [4.69, 9.17) is 0 Å². The molecule has 0 saturated heterocycles. The van der Waals surface area contributed by atoms with Crippen LogP contribution in [-0.4, -0.2) is 35.6 Å². The molecule has 0 aliphatic rings. The summed E-state index contributed by atoms with van der Waals surface area (Å²) in [5, 5.41) is 0. The first-order chi connectivity index (χ1) is 6.13. The predicted octanol–water partition coefficient (Wildman–Crippen LogP) is 2.10. The molecule has 0 aromatic rings. The van der Waals surface area contributed by atoms with Crippen LogP contribution in [0.5, 0.6) is 0 Å². The fourth-order valence-corrected chi connectivity index (χ4v) is 7.96. The fraction of sp³-hybridized carbons (Fsp3) is 1.00. The van der Waals surface area contributed by atoms with Gasteiger partial charge in [-0.15, -0.1) is 0 Å². The number of hydrogen-bond donors (Lipinski definition) is 0. The van der Waals surface area contributed by atoms with Crippen LogP contribution in [0.3, 0.4) is 0 Å². The van der Waals surface area contributed by atoms with Crippen LogP contribution in [0.2, 0.25) is 25.2 Å². The molecular formula is C10H27NSi2. The van der Waals surface area contributed by atoms with Crippen molar-refractivity contribution in [1.29, 1.82) is 0 Å². The van der Waals surface area contributed by atoms with Crippen molar-refractivity contribution in [2.75, 3.05) is 6.54 Å². The summed E-state index contributed by atoms with van der Waals surface area (Å²) in [4.78, 5) is 0. The Kier molecular flexibility index (Phi) is 8.00. The average molecular weight is 218 g/mol. The van der Waals surface area contributed by atoms with E-state index >= 15 is 0 Å². The van der Waals surface area contributed by atoms with Gasteiger partial charge in [0.25, 0.3) is 0 Å². The van der Waals surface area contributed by atoms with E-state index in [2.05, 4.69) is 38.4 Å². The predicted molar refractivity (Wildman–Crippen MR) is 69.2 cm³/mol. The first kappa shape index (κ1) is 13.4. The lowest BCUT2D eigenvalue weighted by atomic mass is 10.4.